The summed E-state index contributed by atoms with van der Waals surface area (Å²) in [6.45, 7) is 0. The fourth-order valence-electron chi connectivity index (χ4n) is 3.69. The number of primary amides is 1. The van der Waals surface area contributed by atoms with Crippen LogP contribution in [0.4, 0.5) is 0 Å². The zero-order valence-electron chi connectivity index (χ0n) is 14.0. The van der Waals surface area contributed by atoms with Crippen LogP contribution in [0.3, 0.4) is 0 Å². The minimum atomic E-state index is -0.466. The molecular weight excluding hydrogens is 314 g/mol. The standard InChI is InChI=1S/C20H19N3O2/c1-23-17(7-8-18(23)24)16-11-22-19-14(16)9-13(10-15(19)20(21)25)12-5-3-2-4-6-12/h2-6,9-11,17,22H,7-8H2,1H3,(H2,21,25). The summed E-state index contributed by atoms with van der Waals surface area (Å²) in [5.41, 5.74) is 9.81. The van der Waals surface area contributed by atoms with E-state index in [2.05, 4.69) is 11.1 Å². The van der Waals surface area contributed by atoms with Crippen LogP contribution >= 0.6 is 0 Å². The van der Waals surface area contributed by atoms with Crippen molar-refractivity contribution >= 4 is 22.7 Å². The van der Waals surface area contributed by atoms with E-state index in [1.807, 2.05) is 49.6 Å². The number of nitrogens with one attached hydrogen (secondary N) is 1. The number of rotatable bonds is 3. The molecule has 3 aromatic rings. The highest BCUT2D eigenvalue weighted by Crippen LogP contribution is 2.38. The first-order chi connectivity index (χ1) is 12.1. The fourth-order valence-corrected chi connectivity index (χ4v) is 3.69. The van der Waals surface area contributed by atoms with Gasteiger partial charge in [0.25, 0.3) is 5.91 Å². The second-order valence-electron chi connectivity index (χ2n) is 6.48. The smallest absolute Gasteiger partial charge is 0.250 e. The molecule has 5 nitrogen and oxygen atoms in total. The number of amides is 2. The molecule has 0 aliphatic carbocycles. The molecule has 1 fully saturated rings. The fraction of sp³-hybridized carbons (Fsp3) is 0.200. The molecule has 1 atom stereocenters. The molecule has 5 heteroatoms. The van der Waals surface area contributed by atoms with Gasteiger partial charge in [-0.2, -0.15) is 0 Å². The summed E-state index contributed by atoms with van der Waals surface area (Å²) in [6, 6.07) is 13.8. The number of H-pyrrole nitrogens is 1. The normalized spacial score (nSPS) is 17.4. The molecule has 0 spiro atoms. The van der Waals surface area contributed by atoms with Crippen molar-refractivity contribution < 1.29 is 9.59 Å². The number of fused-ring (bicyclic) bond motifs is 1. The van der Waals surface area contributed by atoms with Crippen LogP contribution in [0, 0.1) is 0 Å². The highest BCUT2D eigenvalue weighted by molar-refractivity contribution is 6.07. The lowest BCUT2D eigenvalue weighted by Crippen LogP contribution is -2.22. The van der Waals surface area contributed by atoms with E-state index >= 15 is 0 Å². The number of nitrogens with zero attached hydrogens (tertiary/aromatic N) is 1. The van der Waals surface area contributed by atoms with Crippen LogP contribution < -0.4 is 5.73 Å². The monoisotopic (exact) mass is 333 g/mol. The van der Waals surface area contributed by atoms with Crippen molar-refractivity contribution in [1.82, 2.24) is 9.88 Å². The largest absolute Gasteiger partial charge is 0.366 e. The molecule has 0 saturated carbocycles. The third-order valence-corrected chi connectivity index (χ3v) is 5.05. The molecule has 25 heavy (non-hydrogen) atoms. The van der Waals surface area contributed by atoms with Gasteiger partial charge in [-0.3, -0.25) is 9.59 Å². The van der Waals surface area contributed by atoms with E-state index in [1.54, 1.807) is 4.90 Å². The summed E-state index contributed by atoms with van der Waals surface area (Å²) in [5.74, 6) is -0.319. The first-order valence-corrected chi connectivity index (χ1v) is 8.32. The van der Waals surface area contributed by atoms with Crippen molar-refractivity contribution in [2.75, 3.05) is 7.05 Å². The number of benzene rings is 2. The Bertz CT molecular complexity index is 975. The van der Waals surface area contributed by atoms with Gasteiger partial charge in [0.15, 0.2) is 0 Å². The number of carbonyl (C=O) groups excluding carboxylic acids is 2. The molecule has 1 unspecified atom stereocenters. The Labute approximate surface area is 145 Å². The lowest BCUT2D eigenvalue weighted by molar-refractivity contribution is -0.127. The summed E-state index contributed by atoms with van der Waals surface area (Å²) in [7, 11) is 1.83. The van der Waals surface area contributed by atoms with Gasteiger partial charge in [-0.1, -0.05) is 30.3 Å². The summed E-state index contributed by atoms with van der Waals surface area (Å²) in [5, 5.41) is 0.946. The SMILES string of the molecule is CN1C(=O)CCC1c1c[nH]c2c(C(N)=O)cc(-c3ccccc3)cc12. The summed E-state index contributed by atoms with van der Waals surface area (Å²) in [6.07, 6.45) is 3.23. The van der Waals surface area contributed by atoms with Gasteiger partial charge in [-0.25, -0.2) is 0 Å². The average molecular weight is 333 g/mol. The molecule has 126 valence electrons. The molecule has 1 aliphatic heterocycles. The number of hydrogen-bond donors (Lipinski definition) is 2. The summed E-state index contributed by atoms with van der Waals surface area (Å²) < 4.78 is 0. The van der Waals surface area contributed by atoms with Crippen molar-refractivity contribution in [2.45, 2.75) is 18.9 Å². The molecule has 2 amide bonds. The lowest BCUT2D eigenvalue weighted by atomic mass is 9.96. The van der Waals surface area contributed by atoms with Crippen molar-refractivity contribution in [2.24, 2.45) is 5.73 Å². The third-order valence-electron chi connectivity index (χ3n) is 5.05. The average Bonchev–Trinajstić information content (AvgIpc) is 3.18. The highest BCUT2D eigenvalue weighted by atomic mass is 16.2. The second-order valence-corrected chi connectivity index (χ2v) is 6.48. The predicted octanol–water partition coefficient (Wildman–Crippen LogP) is 3.23. The van der Waals surface area contributed by atoms with Crippen LogP contribution in [0.1, 0.15) is 34.8 Å². The molecule has 3 N–H and O–H groups in total. The van der Waals surface area contributed by atoms with Gasteiger partial charge in [0.05, 0.1) is 17.1 Å². The van der Waals surface area contributed by atoms with E-state index in [-0.39, 0.29) is 11.9 Å². The highest BCUT2D eigenvalue weighted by Gasteiger charge is 2.31. The van der Waals surface area contributed by atoms with Gasteiger partial charge in [0.2, 0.25) is 5.91 Å². The van der Waals surface area contributed by atoms with Crippen LogP contribution in [0.2, 0.25) is 0 Å². The Morgan fingerprint density at radius 3 is 2.60 bits per heavy atom. The quantitative estimate of drug-likeness (QED) is 0.772. The number of likely N-dealkylation sites (tertiary alicyclic amines) is 1. The van der Waals surface area contributed by atoms with E-state index in [9.17, 15) is 9.59 Å². The molecule has 2 heterocycles. The van der Waals surface area contributed by atoms with E-state index in [0.29, 0.717) is 12.0 Å². The van der Waals surface area contributed by atoms with Gasteiger partial charge in [-0.05, 0) is 35.2 Å². The third kappa shape index (κ3) is 2.48. The van der Waals surface area contributed by atoms with Crippen molar-refractivity contribution in [3.8, 4) is 11.1 Å². The Balaban J connectivity index is 1.94. The number of aromatic nitrogens is 1. The van der Waals surface area contributed by atoms with Gasteiger partial charge in [0, 0.05) is 25.1 Å². The summed E-state index contributed by atoms with van der Waals surface area (Å²) in [4.78, 5) is 28.9. The first kappa shape index (κ1) is 15.4. The van der Waals surface area contributed by atoms with Crippen molar-refractivity contribution in [3.05, 3.63) is 59.8 Å². The maximum absolute atomic E-state index is 12.0. The minimum absolute atomic E-state index is 0.0213. The maximum atomic E-state index is 12.0. The van der Waals surface area contributed by atoms with Gasteiger partial charge >= 0.3 is 0 Å². The number of nitrogens with two attached hydrogens (primary N) is 1. The molecule has 0 bridgehead atoms. The van der Waals surface area contributed by atoms with Gasteiger partial charge in [-0.15, -0.1) is 0 Å². The molecular formula is C20H19N3O2. The minimum Gasteiger partial charge on any atom is -0.366 e. The first-order valence-electron chi connectivity index (χ1n) is 8.32. The van der Waals surface area contributed by atoms with E-state index < -0.39 is 5.91 Å². The number of carbonyl (C=O) groups is 2. The summed E-state index contributed by atoms with van der Waals surface area (Å²) >= 11 is 0. The molecule has 0 radical (unpaired) electrons. The van der Waals surface area contributed by atoms with Crippen LogP contribution in [-0.4, -0.2) is 28.7 Å². The maximum Gasteiger partial charge on any atom is 0.250 e. The zero-order chi connectivity index (χ0) is 17.6. The van der Waals surface area contributed by atoms with E-state index in [4.69, 9.17) is 5.73 Å². The van der Waals surface area contributed by atoms with Crippen LogP contribution in [0.5, 0.6) is 0 Å². The second kappa shape index (κ2) is 5.77. The number of hydrogen-bond acceptors (Lipinski definition) is 2. The molecule has 4 rings (SSSR count). The Morgan fingerprint density at radius 2 is 1.96 bits per heavy atom. The van der Waals surface area contributed by atoms with E-state index in [0.717, 1.165) is 34.0 Å². The van der Waals surface area contributed by atoms with Crippen LogP contribution in [0.15, 0.2) is 48.7 Å². The molecule has 1 saturated heterocycles. The van der Waals surface area contributed by atoms with E-state index in [1.165, 1.54) is 0 Å². The zero-order valence-corrected chi connectivity index (χ0v) is 14.0. The lowest BCUT2D eigenvalue weighted by Gasteiger charge is -2.19. The molecule has 1 aromatic heterocycles. The molecule has 2 aromatic carbocycles. The topological polar surface area (TPSA) is 79.2 Å². The van der Waals surface area contributed by atoms with Crippen LogP contribution in [-0.2, 0) is 4.79 Å². The van der Waals surface area contributed by atoms with Crippen molar-refractivity contribution in [3.63, 3.8) is 0 Å². The Hall–Kier alpha value is -3.08. The van der Waals surface area contributed by atoms with Crippen molar-refractivity contribution in [1.29, 1.82) is 0 Å². The Kier molecular flexibility index (Phi) is 3.57. The Morgan fingerprint density at radius 1 is 1.20 bits per heavy atom. The van der Waals surface area contributed by atoms with Gasteiger partial charge < -0.3 is 15.6 Å². The predicted molar refractivity (Wildman–Crippen MR) is 97.0 cm³/mol. The van der Waals surface area contributed by atoms with Gasteiger partial charge in [0.1, 0.15) is 0 Å². The van der Waals surface area contributed by atoms with Crippen LogP contribution in [0.25, 0.3) is 22.0 Å². The molecule has 1 aliphatic rings. The number of aromatic amines is 1.